The molecule has 0 aliphatic carbocycles. The van der Waals surface area contributed by atoms with Crippen LogP contribution >= 0.6 is 11.6 Å². The zero-order valence-electron chi connectivity index (χ0n) is 13.6. The van der Waals surface area contributed by atoms with Gasteiger partial charge in [-0.1, -0.05) is 48.0 Å². The summed E-state index contributed by atoms with van der Waals surface area (Å²) in [6, 6.07) is 22.1. The lowest BCUT2D eigenvalue weighted by molar-refractivity contribution is 0.0894. The minimum absolute atomic E-state index is 0.308. The molecular weight excluding hydrogens is 346 g/mol. The minimum atomic E-state index is -0.314. The number of carbonyl (C=O) groups excluding carboxylic acids is 2. The molecule has 1 aliphatic heterocycles. The summed E-state index contributed by atoms with van der Waals surface area (Å²) in [5.41, 5.74) is 1.63. The predicted octanol–water partition coefficient (Wildman–Crippen LogP) is 5.45. The number of benzene rings is 4. The summed E-state index contributed by atoms with van der Waals surface area (Å²) in [7, 11) is 0. The van der Waals surface area contributed by atoms with Crippen molar-refractivity contribution in [3.63, 3.8) is 0 Å². The van der Waals surface area contributed by atoms with Crippen molar-refractivity contribution in [1.29, 1.82) is 0 Å². The second-order valence-corrected chi connectivity index (χ2v) is 6.73. The number of anilines is 1. The number of rotatable bonds is 1. The molecule has 0 atom stereocenters. The van der Waals surface area contributed by atoms with E-state index in [1.807, 2.05) is 42.5 Å². The van der Waals surface area contributed by atoms with Gasteiger partial charge in [-0.25, -0.2) is 4.90 Å². The number of imide groups is 1. The molecule has 5 rings (SSSR count). The maximum atomic E-state index is 13.4. The van der Waals surface area contributed by atoms with Crippen LogP contribution in [0.4, 0.5) is 5.69 Å². The molecule has 0 unspecified atom stereocenters. The Morgan fingerprint density at radius 2 is 1.46 bits per heavy atom. The Bertz CT molecular complexity index is 1230. The van der Waals surface area contributed by atoms with Gasteiger partial charge in [0.1, 0.15) is 0 Å². The van der Waals surface area contributed by atoms with Crippen LogP contribution in [0.1, 0.15) is 20.7 Å². The molecule has 0 saturated carbocycles. The van der Waals surface area contributed by atoms with Gasteiger partial charge < -0.3 is 0 Å². The van der Waals surface area contributed by atoms with Crippen LogP contribution < -0.4 is 4.90 Å². The molecule has 0 spiro atoms. The molecule has 0 fully saturated rings. The average molecular weight is 358 g/mol. The number of nitrogens with zero attached hydrogens (tertiary/aromatic N) is 1. The second-order valence-electron chi connectivity index (χ2n) is 6.30. The lowest BCUT2D eigenvalue weighted by Crippen LogP contribution is -2.40. The molecule has 1 aliphatic rings. The summed E-state index contributed by atoms with van der Waals surface area (Å²) in [6.07, 6.45) is 0. The molecule has 4 aromatic rings. The molecular formula is C22H12ClNO2. The zero-order chi connectivity index (χ0) is 17.8. The van der Waals surface area contributed by atoms with Gasteiger partial charge in [0.15, 0.2) is 0 Å². The van der Waals surface area contributed by atoms with Crippen LogP contribution in [0.3, 0.4) is 0 Å². The maximum Gasteiger partial charge on any atom is 0.266 e. The summed E-state index contributed by atoms with van der Waals surface area (Å²) >= 11 is 5.96. The lowest BCUT2D eigenvalue weighted by Gasteiger charge is -2.28. The first kappa shape index (κ1) is 15.1. The molecule has 0 N–H and O–H groups in total. The van der Waals surface area contributed by atoms with Crippen molar-refractivity contribution in [2.24, 2.45) is 0 Å². The summed E-state index contributed by atoms with van der Waals surface area (Å²) in [6.45, 7) is 0. The molecule has 0 saturated heterocycles. The standard InChI is InChI=1S/C22H12ClNO2/c23-15-8-10-16(11-9-15)24-21(25)18-7-3-5-14-12-13-4-1-2-6-17(13)20(19(14)18)22(24)26/h1-12H. The Balaban J connectivity index is 1.88. The smallest absolute Gasteiger partial charge is 0.266 e. The monoisotopic (exact) mass is 357 g/mol. The molecule has 124 valence electrons. The van der Waals surface area contributed by atoms with Crippen LogP contribution in [-0.2, 0) is 0 Å². The van der Waals surface area contributed by atoms with Crippen LogP contribution in [-0.4, -0.2) is 11.8 Å². The van der Waals surface area contributed by atoms with Gasteiger partial charge in [-0.3, -0.25) is 9.59 Å². The van der Waals surface area contributed by atoms with Crippen molar-refractivity contribution in [2.75, 3.05) is 4.90 Å². The molecule has 3 nitrogen and oxygen atoms in total. The number of hydrogen-bond acceptors (Lipinski definition) is 2. The van der Waals surface area contributed by atoms with E-state index in [0.29, 0.717) is 21.8 Å². The van der Waals surface area contributed by atoms with E-state index in [2.05, 4.69) is 0 Å². The highest BCUT2D eigenvalue weighted by molar-refractivity contribution is 6.39. The van der Waals surface area contributed by atoms with Crippen molar-refractivity contribution >= 4 is 50.6 Å². The predicted molar refractivity (Wildman–Crippen MR) is 104 cm³/mol. The highest BCUT2D eigenvalue weighted by atomic mass is 35.5. The molecule has 2 amide bonds. The number of amides is 2. The fraction of sp³-hybridized carbons (Fsp3) is 0. The van der Waals surface area contributed by atoms with Gasteiger partial charge in [-0.15, -0.1) is 0 Å². The number of halogens is 1. The van der Waals surface area contributed by atoms with E-state index < -0.39 is 0 Å². The molecule has 0 bridgehead atoms. The molecule has 0 aromatic heterocycles. The Morgan fingerprint density at radius 3 is 2.27 bits per heavy atom. The number of carbonyl (C=O) groups is 2. The van der Waals surface area contributed by atoms with Crippen LogP contribution in [0.2, 0.25) is 5.02 Å². The highest BCUT2D eigenvalue weighted by Crippen LogP contribution is 2.37. The maximum absolute atomic E-state index is 13.4. The third kappa shape index (κ3) is 2.01. The van der Waals surface area contributed by atoms with Gasteiger partial charge in [0, 0.05) is 16.0 Å². The van der Waals surface area contributed by atoms with Crippen LogP contribution in [0.5, 0.6) is 0 Å². The fourth-order valence-corrected chi connectivity index (χ4v) is 3.80. The van der Waals surface area contributed by atoms with E-state index in [-0.39, 0.29) is 11.8 Å². The van der Waals surface area contributed by atoms with Crippen molar-refractivity contribution in [1.82, 2.24) is 0 Å². The topological polar surface area (TPSA) is 37.4 Å². The normalized spacial score (nSPS) is 13.7. The van der Waals surface area contributed by atoms with Crippen LogP contribution in [0, 0.1) is 0 Å². The van der Waals surface area contributed by atoms with Crippen molar-refractivity contribution in [2.45, 2.75) is 0 Å². The third-order valence-electron chi connectivity index (χ3n) is 4.82. The molecule has 4 aromatic carbocycles. The van der Waals surface area contributed by atoms with Crippen LogP contribution in [0.15, 0.2) is 72.8 Å². The van der Waals surface area contributed by atoms with E-state index in [0.717, 1.165) is 21.5 Å². The Morgan fingerprint density at radius 1 is 0.731 bits per heavy atom. The van der Waals surface area contributed by atoms with Crippen molar-refractivity contribution < 1.29 is 9.59 Å². The summed E-state index contributed by atoms with van der Waals surface area (Å²) < 4.78 is 0. The van der Waals surface area contributed by atoms with E-state index in [1.54, 1.807) is 30.3 Å². The highest BCUT2D eigenvalue weighted by Gasteiger charge is 2.35. The first-order valence-electron chi connectivity index (χ1n) is 8.24. The van der Waals surface area contributed by atoms with Crippen molar-refractivity contribution in [3.05, 3.63) is 88.9 Å². The van der Waals surface area contributed by atoms with Gasteiger partial charge in [0.2, 0.25) is 0 Å². The van der Waals surface area contributed by atoms with Gasteiger partial charge >= 0.3 is 0 Å². The third-order valence-corrected chi connectivity index (χ3v) is 5.08. The van der Waals surface area contributed by atoms with E-state index in [4.69, 9.17) is 11.6 Å². The SMILES string of the molecule is O=C1c2cccc3cc4ccccc4c(c23)C(=O)N1c1ccc(Cl)cc1. The Kier molecular flexibility index (Phi) is 3.15. The minimum Gasteiger partial charge on any atom is -0.268 e. The van der Waals surface area contributed by atoms with E-state index in [9.17, 15) is 9.59 Å². The largest absolute Gasteiger partial charge is 0.268 e. The molecule has 0 radical (unpaired) electrons. The second kappa shape index (κ2) is 5.41. The molecule has 4 heteroatoms. The quantitative estimate of drug-likeness (QED) is 0.335. The van der Waals surface area contributed by atoms with Gasteiger partial charge in [0.25, 0.3) is 11.8 Å². The summed E-state index contributed by atoms with van der Waals surface area (Å²) in [5, 5.41) is 4.01. The summed E-state index contributed by atoms with van der Waals surface area (Å²) in [4.78, 5) is 27.7. The fourth-order valence-electron chi connectivity index (χ4n) is 3.67. The lowest BCUT2D eigenvalue weighted by atomic mass is 9.89. The van der Waals surface area contributed by atoms with Gasteiger partial charge in [-0.2, -0.15) is 0 Å². The van der Waals surface area contributed by atoms with E-state index >= 15 is 0 Å². The van der Waals surface area contributed by atoms with Gasteiger partial charge in [-0.05, 0) is 52.6 Å². The first-order chi connectivity index (χ1) is 12.6. The molecule has 1 heterocycles. The van der Waals surface area contributed by atoms with Crippen molar-refractivity contribution in [3.8, 4) is 0 Å². The number of fused-ring (bicyclic) bond motifs is 2. The van der Waals surface area contributed by atoms with E-state index in [1.165, 1.54) is 4.90 Å². The van der Waals surface area contributed by atoms with Crippen LogP contribution in [0.25, 0.3) is 21.5 Å². The Hall–Kier alpha value is -3.17. The molecule has 26 heavy (non-hydrogen) atoms. The zero-order valence-corrected chi connectivity index (χ0v) is 14.3. The summed E-state index contributed by atoms with van der Waals surface area (Å²) in [5.74, 6) is -0.622. The average Bonchev–Trinajstić information content (AvgIpc) is 2.66. The Labute approximate surface area is 154 Å². The van der Waals surface area contributed by atoms with Gasteiger partial charge in [0.05, 0.1) is 11.3 Å². The first-order valence-corrected chi connectivity index (χ1v) is 8.62. The number of hydrogen-bond donors (Lipinski definition) is 0.